The fraction of sp³-hybridized carbons (Fsp3) is 0.526. The molecule has 0 aliphatic carbocycles. The van der Waals surface area contributed by atoms with Crippen LogP contribution in [0.2, 0.25) is 0 Å². The Kier molecular flexibility index (Phi) is 6.14. The number of quaternary nitrogens is 1. The van der Waals surface area contributed by atoms with Crippen LogP contribution in [0.4, 0.5) is 5.13 Å². The number of nitrogen functional groups attached to an aromatic ring is 1. The Balaban J connectivity index is 1.52. The number of rotatable bonds is 7. The summed E-state index contributed by atoms with van der Waals surface area (Å²) in [6.45, 7) is 2.61. The molecule has 0 saturated carbocycles. The molecule has 2 atom stereocenters. The van der Waals surface area contributed by atoms with Crippen molar-refractivity contribution in [2.75, 3.05) is 45.3 Å². The van der Waals surface area contributed by atoms with Crippen LogP contribution in [-0.4, -0.2) is 93.9 Å². The van der Waals surface area contributed by atoms with Gasteiger partial charge >= 0.3 is 5.97 Å². The Labute approximate surface area is 192 Å². The van der Waals surface area contributed by atoms with E-state index in [1.165, 1.54) is 23.8 Å². The molecular weight excluding hydrogens is 456 g/mol. The number of β-lactam (4-membered cyclic amide) rings is 1. The van der Waals surface area contributed by atoms with E-state index in [0.717, 1.165) is 47.3 Å². The van der Waals surface area contributed by atoms with Crippen molar-refractivity contribution >= 4 is 51.7 Å². The largest absolute Gasteiger partial charge is 0.477 e. The second kappa shape index (κ2) is 8.71. The normalized spacial score (nSPS) is 24.8. The number of nitrogens with two attached hydrogens (primary N) is 1. The van der Waals surface area contributed by atoms with Gasteiger partial charge in [-0.25, -0.2) is 9.78 Å². The number of amides is 2. The van der Waals surface area contributed by atoms with E-state index in [-0.39, 0.29) is 22.2 Å². The first-order chi connectivity index (χ1) is 15.2. The van der Waals surface area contributed by atoms with Crippen LogP contribution < -0.4 is 11.1 Å². The van der Waals surface area contributed by atoms with Gasteiger partial charge in [0.2, 0.25) is 0 Å². The molecule has 0 radical (unpaired) electrons. The number of hydrogen-bond donors (Lipinski definition) is 3. The summed E-state index contributed by atoms with van der Waals surface area (Å²) in [5.41, 5.74) is 6.59. The van der Waals surface area contributed by atoms with Crippen molar-refractivity contribution in [3.8, 4) is 0 Å². The molecule has 2 amide bonds. The summed E-state index contributed by atoms with van der Waals surface area (Å²) in [5.74, 6) is -1.71. The maximum absolute atomic E-state index is 12.9. The molecule has 3 aliphatic heterocycles. The van der Waals surface area contributed by atoms with E-state index in [2.05, 4.69) is 22.5 Å². The van der Waals surface area contributed by atoms with E-state index in [1.54, 1.807) is 5.38 Å². The van der Waals surface area contributed by atoms with Gasteiger partial charge in [-0.1, -0.05) is 5.16 Å². The summed E-state index contributed by atoms with van der Waals surface area (Å²) in [6, 6.07) is -0.863. The lowest BCUT2D eigenvalue weighted by Gasteiger charge is -2.49. The van der Waals surface area contributed by atoms with E-state index in [1.807, 2.05) is 0 Å². The zero-order valence-corrected chi connectivity index (χ0v) is 19.4. The number of aromatic nitrogens is 1. The lowest BCUT2D eigenvalue weighted by atomic mass is 10.0. The van der Waals surface area contributed by atoms with E-state index in [9.17, 15) is 19.5 Å². The van der Waals surface area contributed by atoms with Crippen molar-refractivity contribution in [2.45, 2.75) is 24.3 Å². The number of carboxylic acid groups (broad SMARTS) is 1. The fourth-order valence-electron chi connectivity index (χ4n) is 4.42. The number of nitrogens with one attached hydrogen (secondary N) is 1. The first kappa shape index (κ1) is 22.6. The highest BCUT2D eigenvalue weighted by Gasteiger charge is 2.55. The standard InChI is InChI=1S/C19H24N6O5S2/c1-25(5-3-4-6-25)7-10-8-31-17-13(16(27)24(17)14(10)18(28)29)22-15(26)12(23-30-2)11-9-32-19(20)21-11/h9,13,17H,3-8H2,1-2H3,(H3-,20,21,22,26,28,29)/p+1/b23-12+/t13-,17?/m1/s1. The molecule has 4 N–H and O–H groups in total. The average Bonchev–Trinajstić information content (AvgIpc) is 3.37. The van der Waals surface area contributed by atoms with Crippen LogP contribution >= 0.6 is 23.1 Å². The molecular formula is C19H25N6O5S2+. The predicted octanol–water partition coefficient (Wildman–Crippen LogP) is 0.0548. The molecule has 4 rings (SSSR count). The molecule has 11 nitrogen and oxygen atoms in total. The number of fused-ring (bicyclic) bond motifs is 1. The smallest absolute Gasteiger partial charge is 0.352 e. The zero-order valence-electron chi connectivity index (χ0n) is 17.7. The summed E-state index contributed by atoms with van der Waals surface area (Å²) >= 11 is 2.61. The molecule has 0 spiro atoms. The second-order valence-corrected chi connectivity index (χ2v) is 10.2. The maximum atomic E-state index is 12.9. The van der Waals surface area contributed by atoms with Gasteiger partial charge in [-0.15, -0.1) is 23.1 Å². The van der Waals surface area contributed by atoms with Gasteiger partial charge in [0.1, 0.15) is 36.5 Å². The van der Waals surface area contributed by atoms with Crippen LogP contribution in [0.5, 0.6) is 0 Å². The van der Waals surface area contributed by atoms with Crippen LogP contribution in [0.1, 0.15) is 18.5 Å². The minimum atomic E-state index is -1.12. The van der Waals surface area contributed by atoms with Crippen LogP contribution in [0, 0.1) is 0 Å². The van der Waals surface area contributed by atoms with Crippen molar-refractivity contribution < 1.29 is 28.8 Å². The monoisotopic (exact) mass is 481 g/mol. The van der Waals surface area contributed by atoms with Crippen molar-refractivity contribution in [1.29, 1.82) is 0 Å². The van der Waals surface area contributed by atoms with Gasteiger partial charge in [0.05, 0.1) is 20.1 Å². The van der Waals surface area contributed by atoms with Gasteiger partial charge in [0, 0.05) is 29.5 Å². The summed E-state index contributed by atoms with van der Waals surface area (Å²) in [7, 11) is 3.42. The Morgan fingerprint density at radius 1 is 1.44 bits per heavy atom. The molecule has 172 valence electrons. The van der Waals surface area contributed by atoms with Crippen LogP contribution in [-0.2, 0) is 19.2 Å². The molecule has 0 aromatic carbocycles. The molecule has 1 aromatic heterocycles. The number of nitrogens with zero attached hydrogens (tertiary/aromatic N) is 4. The first-order valence-electron chi connectivity index (χ1n) is 10.1. The zero-order chi connectivity index (χ0) is 23.0. The number of aliphatic carboxylic acids is 1. The summed E-state index contributed by atoms with van der Waals surface area (Å²) in [6.07, 6.45) is 2.24. The van der Waals surface area contributed by atoms with Gasteiger partial charge in [0.15, 0.2) is 10.8 Å². The molecule has 4 heterocycles. The minimum Gasteiger partial charge on any atom is -0.477 e. The third kappa shape index (κ3) is 4.07. The SMILES string of the molecule is CO/N=C(/C(=O)N[C@@H]1C(=O)N2C(C(=O)O)=C(C[N+]3(C)CCCC3)CSC12)c1csc(N)n1. The lowest BCUT2D eigenvalue weighted by Crippen LogP contribution is -2.71. The maximum Gasteiger partial charge on any atom is 0.352 e. The van der Waals surface area contributed by atoms with Crippen molar-refractivity contribution in [2.24, 2.45) is 5.16 Å². The Bertz CT molecular complexity index is 1020. The van der Waals surface area contributed by atoms with Crippen LogP contribution in [0.25, 0.3) is 0 Å². The molecule has 3 aliphatic rings. The fourth-order valence-corrected chi connectivity index (χ4v) is 6.31. The number of carbonyl (C=O) groups is 3. The van der Waals surface area contributed by atoms with Gasteiger partial charge < -0.3 is 25.5 Å². The van der Waals surface area contributed by atoms with E-state index < -0.39 is 29.2 Å². The summed E-state index contributed by atoms with van der Waals surface area (Å²) < 4.78 is 0.785. The highest BCUT2D eigenvalue weighted by Crippen LogP contribution is 2.41. The van der Waals surface area contributed by atoms with Crippen molar-refractivity contribution in [3.05, 3.63) is 22.3 Å². The molecule has 32 heavy (non-hydrogen) atoms. The van der Waals surface area contributed by atoms with Crippen LogP contribution in [0.3, 0.4) is 0 Å². The van der Waals surface area contributed by atoms with Gasteiger partial charge in [-0.3, -0.25) is 14.5 Å². The second-order valence-electron chi connectivity index (χ2n) is 8.24. The molecule has 1 unspecified atom stereocenters. The number of carbonyl (C=O) groups excluding carboxylic acids is 2. The van der Waals surface area contributed by atoms with Gasteiger partial charge in [0.25, 0.3) is 11.8 Å². The van der Waals surface area contributed by atoms with Gasteiger partial charge in [-0.05, 0) is 0 Å². The number of likely N-dealkylation sites (tertiary alicyclic amines) is 1. The van der Waals surface area contributed by atoms with E-state index in [0.29, 0.717) is 12.3 Å². The first-order valence-corrected chi connectivity index (χ1v) is 12.0. The molecule has 2 fully saturated rings. The number of hydrogen-bond acceptors (Lipinski definition) is 9. The highest BCUT2D eigenvalue weighted by atomic mass is 32.2. The summed E-state index contributed by atoms with van der Waals surface area (Å²) in [5, 5.41) is 17.6. The highest BCUT2D eigenvalue weighted by molar-refractivity contribution is 8.00. The average molecular weight is 482 g/mol. The molecule has 1 aromatic rings. The number of oxime groups is 1. The minimum absolute atomic E-state index is 0.0496. The molecule has 13 heteroatoms. The van der Waals surface area contributed by atoms with Gasteiger partial charge in [-0.2, -0.15) is 0 Å². The number of likely N-dealkylation sites (N-methyl/N-ethyl adjacent to an activating group) is 1. The Hall–Kier alpha value is -2.64. The summed E-state index contributed by atoms with van der Waals surface area (Å²) in [4.78, 5) is 47.9. The third-order valence-corrected chi connectivity index (χ3v) is 7.93. The number of carboxylic acids is 1. The predicted molar refractivity (Wildman–Crippen MR) is 120 cm³/mol. The molecule has 0 bridgehead atoms. The van der Waals surface area contributed by atoms with E-state index in [4.69, 9.17) is 10.6 Å². The lowest BCUT2D eigenvalue weighted by molar-refractivity contribution is -0.893. The Morgan fingerprint density at radius 3 is 2.75 bits per heavy atom. The third-order valence-electron chi connectivity index (χ3n) is 5.92. The topological polar surface area (TPSA) is 147 Å². The quantitative estimate of drug-likeness (QED) is 0.214. The number of thiazole rings is 1. The van der Waals surface area contributed by atoms with E-state index >= 15 is 0 Å². The van der Waals surface area contributed by atoms with Crippen molar-refractivity contribution in [1.82, 2.24) is 15.2 Å². The number of anilines is 1. The Morgan fingerprint density at radius 2 is 2.16 bits per heavy atom. The van der Waals surface area contributed by atoms with Crippen molar-refractivity contribution in [3.63, 3.8) is 0 Å². The molecule has 2 saturated heterocycles. The number of thioether (sulfide) groups is 1. The van der Waals surface area contributed by atoms with Crippen LogP contribution in [0.15, 0.2) is 21.8 Å².